The van der Waals surface area contributed by atoms with Gasteiger partial charge in [-0.15, -0.1) is 0 Å². The summed E-state index contributed by atoms with van der Waals surface area (Å²) in [6.07, 6.45) is 1.37. The fourth-order valence-electron chi connectivity index (χ4n) is 3.87. The summed E-state index contributed by atoms with van der Waals surface area (Å²) in [5.41, 5.74) is -1.28. The molecule has 4 rings (SSSR count). The summed E-state index contributed by atoms with van der Waals surface area (Å²) in [6, 6.07) is 8.64. The zero-order valence-corrected chi connectivity index (χ0v) is 18.8. The van der Waals surface area contributed by atoms with Gasteiger partial charge in [-0.25, -0.2) is 9.18 Å². The molecule has 1 atom stereocenters. The number of carbonyl (C=O) groups excluding carboxylic acids is 1. The van der Waals surface area contributed by atoms with Crippen molar-refractivity contribution in [2.24, 2.45) is 0 Å². The molecular weight excluding hydrogens is 423 g/mol. The highest BCUT2D eigenvalue weighted by molar-refractivity contribution is 6.30. The fourth-order valence-corrected chi connectivity index (χ4v) is 3.98. The molecule has 6 nitrogen and oxygen atoms in total. The minimum Gasteiger partial charge on any atom is -0.444 e. The molecule has 2 aliphatic heterocycles. The number of likely N-dealkylation sites (tertiary alicyclic amines) is 1. The molecule has 31 heavy (non-hydrogen) atoms. The van der Waals surface area contributed by atoms with Gasteiger partial charge < -0.3 is 19.1 Å². The zero-order chi connectivity index (χ0) is 22.4. The van der Waals surface area contributed by atoms with Gasteiger partial charge in [-0.2, -0.15) is 0 Å². The number of alkyl halides is 1. The Morgan fingerprint density at radius 1 is 1.19 bits per heavy atom. The van der Waals surface area contributed by atoms with Crippen molar-refractivity contribution >= 4 is 17.7 Å². The molecule has 2 aromatic rings. The highest BCUT2D eigenvalue weighted by atomic mass is 35.5. The van der Waals surface area contributed by atoms with Gasteiger partial charge in [0.2, 0.25) is 0 Å². The molecule has 0 aliphatic carbocycles. The maximum atomic E-state index is 16.1. The van der Waals surface area contributed by atoms with Crippen LogP contribution in [-0.4, -0.2) is 34.7 Å². The normalized spacial score (nSPS) is 22.3. The second kappa shape index (κ2) is 7.55. The van der Waals surface area contributed by atoms with Crippen molar-refractivity contribution in [3.8, 4) is 11.5 Å². The minimum absolute atomic E-state index is 0.141. The van der Waals surface area contributed by atoms with Gasteiger partial charge in [0.15, 0.2) is 11.5 Å². The third-order valence-electron chi connectivity index (χ3n) is 5.46. The third kappa shape index (κ3) is 4.28. The lowest BCUT2D eigenvalue weighted by molar-refractivity contribution is -0.0733. The predicted octanol–water partition coefficient (Wildman–Crippen LogP) is 5.57. The van der Waals surface area contributed by atoms with E-state index >= 15 is 4.39 Å². The standard InChI is InChI=1S/C23H26ClFN2O4/c1-21(2,3)31-20(28)27-12-10-23(25,11-13-27)16-6-5-7-17-19(16)30-22(4,29-17)18-9-8-15(24)14-26-18/h5-9,14H,10-13H2,1-4H3/t22-/m1/s1. The lowest BCUT2D eigenvalue weighted by Gasteiger charge is -2.37. The maximum Gasteiger partial charge on any atom is 0.410 e. The van der Waals surface area contributed by atoms with E-state index < -0.39 is 23.2 Å². The Kier molecular flexibility index (Phi) is 5.28. The lowest BCUT2D eigenvalue weighted by Crippen LogP contribution is -2.45. The van der Waals surface area contributed by atoms with Crippen LogP contribution in [0.15, 0.2) is 36.5 Å². The van der Waals surface area contributed by atoms with Crippen LogP contribution in [0.1, 0.15) is 51.8 Å². The largest absolute Gasteiger partial charge is 0.444 e. The van der Waals surface area contributed by atoms with E-state index in [0.717, 1.165) is 0 Å². The summed E-state index contributed by atoms with van der Waals surface area (Å²) in [6.45, 7) is 7.68. The molecule has 0 radical (unpaired) electrons. The van der Waals surface area contributed by atoms with E-state index in [4.69, 9.17) is 25.8 Å². The number of para-hydroxylation sites is 1. The molecule has 2 aliphatic rings. The van der Waals surface area contributed by atoms with Crippen LogP contribution in [0, 0.1) is 0 Å². The van der Waals surface area contributed by atoms with E-state index in [2.05, 4.69) is 4.98 Å². The summed E-state index contributed by atoms with van der Waals surface area (Å²) in [4.78, 5) is 18.2. The quantitative estimate of drug-likeness (QED) is 0.600. The Bertz CT molecular complexity index is 984. The molecule has 0 N–H and O–H groups in total. The number of benzene rings is 1. The van der Waals surface area contributed by atoms with Crippen molar-refractivity contribution in [2.75, 3.05) is 13.1 Å². The summed E-state index contributed by atoms with van der Waals surface area (Å²) in [7, 11) is 0. The number of carbonyl (C=O) groups is 1. The first-order chi connectivity index (χ1) is 14.5. The summed E-state index contributed by atoms with van der Waals surface area (Å²) >= 11 is 5.94. The SMILES string of the molecule is CC(C)(C)OC(=O)N1CCC(F)(c2cccc3c2O[C@](C)(c2ccc(Cl)cn2)O3)CC1. The van der Waals surface area contributed by atoms with Crippen LogP contribution >= 0.6 is 11.6 Å². The number of fused-ring (bicyclic) bond motifs is 1. The van der Waals surface area contributed by atoms with Gasteiger partial charge in [-0.05, 0) is 39.0 Å². The van der Waals surface area contributed by atoms with Gasteiger partial charge in [0.25, 0.3) is 5.79 Å². The number of rotatable bonds is 2. The number of piperidine rings is 1. The van der Waals surface area contributed by atoms with Crippen molar-refractivity contribution in [1.29, 1.82) is 0 Å². The summed E-state index contributed by atoms with van der Waals surface area (Å²) in [5, 5.41) is 0.503. The molecule has 0 bridgehead atoms. The molecule has 0 spiro atoms. The van der Waals surface area contributed by atoms with E-state index in [9.17, 15) is 4.79 Å². The number of hydrogen-bond acceptors (Lipinski definition) is 5. The number of amides is 1. The first kappa shape index (κ1) is 21.7. The smallest absolute Gasteiger partial charge is 0.410 e. The first-order valence-electron chi connectivity index (χ1n) is 10.3. The maximum absolute atomic E-state index is 16.1. The van der Waals surface area contributed by atoms with Crippen LogP contribution in [0.5, 0.6) is 11.5 Å². The van der Waals surface area contributed by atoms with Crippen LogP contribution in [0.3, 0.4) is 0 Å². The average Bonchev–Trinajstić information content (AvgIpc) is 3.04. The Hall–Kier alpha value is -2.54. The van der Waals surface area contributed by atoms with Crippen molar-refractivity contribution in [3.63, 3.8) is 0 Å². The van der Waals surface area contributed by atoms with Gasteiger partial charge in [0, 0.05) is 44.6 Å². The number of ether oxygens (including phenoxy) is 3. The van der Waals surface area contributed by atoms with Crippen molar-refractivity contribution in [3.05, 3.63) is 52.8 Å². The molecule has 166 valence electrons. The lowest BCUT2D eigenvalue weighted by atomic mass is 9.85. The van der Waals surface area contributed by atoms with E-state index in [-0.39, 0.29) is 25.9 Å². The molecule has 1 saturated heterocycles. The van der Waals surface area contributed by atoms with Crippen LogP contribution in [0.4, 0.5) is 9.18 Å². The van der Waals surface area contributed by atoms with Gasteiger partial charge in [-0.3, -0.25) is 4.98 Å². The highest BCUT2D eigenvalue weighted by Gasteiger charge is 2.47. The van der Waals surface area contributed by atoms with Crippen molar-refractivity contribution in [1.82, 2.24) is 9.88 Å². The predicted molar refractivity (Wildman–Crippen MR) is 114 cm³/mol. The Morgan fingerprint density at radius 2 is 1.90 bits per heavy atom. The molecule has 1 aromatic heterocycles. The first-order valence-corrected chi connectivity index (χ1v) is 10.7. The number of nitrogens with zero attached hydrogens (tertiary/aromatic N) is 2. The molecule has 1 fully saturated rings. The molecule has 1 aromatic carbocycles. The Morgan fingerprint density at radius 3 is 2.52 bits per heavy atom. The average molecular weight is 449 g/mol. The van der Waals surface area contributed by atoms with Gasteiger partial charge >= 0.3 is 6.09 Å². The highest BCUT2D eigenvalue weighted by Crippen LogP contribution is 2.51. The molecule has 0 unspecified atom stereocenters. The van der Waals surface area contributed by atoms with Gasteiger partial charge in [-0.1, -0.05) is 23.7 Å². The van der Waals surface area contributed by atoms with Crippen LogP contribution in [0.2, 0.25) is 5.02 Å². The van der Waals surface area contributed by atoms with E-state index in [1.165, 1.54) is 6.20 Å². The third-order valence-corrected chi connectivity index (χ3v) is 5.69. The van der Waals surface area contributed by atoms with E-state index in [1.807, 2.05) is 20.8 Å². The second-order valence-corrected chi connectivity index (χ2v) is 9.51. The number of pyridine rings is 1. The summed E-state index contributed by atoms with van der Waals surface area (Å²) in [5.74, 6) is -0.352. The van der Waals surface area contributed by atoms with Crippen LogP contribution in [-0.2, 0) is 16.2 Å². The summed E-state index contributed by atoms with van der Waals surface area (Å²) < 4.78 is 33.7. The van der Waals surface area contributed by atoms with Crippen molar-refractivity contribution < 1.29 is 23.4 Å². The van der Waals surface area contributed by atoms with E-state index in [1.54, 1.807) is 42.2 Å². The Balaban J connectivity index is 1.54. The monoisotopic (exact) mass is 448 g/mol. The van der Waals surface area contributed by atoms with Crippen LogP contribution < -0.4 is 9.47 Å². The second-order valence-electron chi connectivity index (χ2n) is 9.08. The van der Waals surface area contributed by atoms with E-state index in [0.29, 0.717) is 27.8 Å². The zero-order valence-electron chi connectivity index (χ0n) is 18.1. The molecule has 1 amide bonds. The van der Waals surface area contributed by atoms with Gasteiger partial charge in [0.1, 0.15) is 17.0 Å². The number of halogens is 2. The van der Waals surface area contributed by atoms with Gasteiger partial charge in [0.05, 0.1) is 5.02 Å². The molecule has 0 saturated carbocycles. The molecular formula is C23H26ClFN2O4. The topological polar surface area (TPSA) is 60.9 Å². The number of aromatic nitrogens is 1. The Labute approximate surface area is 186 Å². The number of hydrogen-bond donors (Lipinski definition) is 0. The van der Waals surface area contributed by atoms with Crippen molar-refractivity contribution in [2.45, 2.75) is 57.6 Å². The minimum atomic E-state index is -1.65. The molecule has 3 heterocycles. The fraction of sp³-hybridized carbons (Fsp3) is 0.478. The van der Waals surface area contributed by atoms with Crippen LogP contribution in [0.25, 0.3) is 0 Å². The molecule has 8 heteroatoms.